The van der Waals surface area contributed by atoms with Gasteiger partial charge in [0, 0.05) is 11.6 Å². The normalized spacial score (nSPS) is 26.6. The van der Waals surface area contributed by atoms with Crippen LogP contribution in [0.15, 0.2) is 36.1 Å². The third-order valence-corrected chi connectivity index (χ3v) is 4.21. The molecule has 2 nitrogen and oxygen atoms in total. The highest BCUT2D eigenvalue weighted by Crippen LogP contribution is 2.48. The van der Waals surface area contributed by atoms with Gasteiger partial charge < -0.3 is 4.74 Å². The van der Waals surface area contributed by atoms with Gasteiger partial charge in [-0.05, 0) is 24.8 Å². The third-order valence-electron chi connectivity index (χ3n) is 4.21. The quantitative estimate of drug-likeness (QED) is 0.811. The Kier molecular flexibility index (Phi) is 2.54. The van der Waals surface area contributed by atoms with Crippen LogP contribution in [-0.2, 0) is 10.2 Å². The topological polar surface area (TPSA) is 26.3 Å². The molecule has 2 aliphatic rings. The fourth-order valence-electron chi connectivity index (χ4n) is 3.06. The number of rotatable bonds is 3. The molecular weight excluding hydrogens is 224 g/mol. The van der Waals surface area contributed by atoms with E-state index < -0.39 is 0 Å². The van der Waals surface area contributed by atoms with Crippen LogP contribution in [0.2, 0.25) is 0 Å². The van der Waals surface area contributed by atoms with Gasteiger partial charge in [-0.3, -0.25) is 4.79 Å². The largest absolute Gasteiger partial charge is 0.500 e. The molecule has 1 aromatic rings. The van der Waals surface area contributed by atoms with Gasteiger partial charge in [-0.15, -0.1) is 0 Å². The van der Waals surface area contributed by atoms with Crippen LogP contribution < -0.4 is 0 Å². The molecular formula is C16H18O2. The Morgan fingerprint density at radius 3 is 2.72 bits per heavy atom. The zero-order valence-corrected chi connectivity index (χ0v) is 10.9. The first-order valence-electron chi connectivity index (χ1n) is 6.55. The van der Waals surface area contributed by atoms with Crippen molar-refractivity contribution in [2.24, 2.45) is 5.92 Å². The Morgan fingerprint density at radius 2 is 2.06 bits per heavy atom. The molecule has 0 amide bonds. The van der Waals surface area contributed by atoms with E-state index >= 15 is 0 Å². The number of carbonyl (C=O) groups is 1. The summed E-state index contributed by atoms with van der Waals surface area (Å²) >= 11 is 0. The fourth-order valence-corrected chi connectivity index (χ4v) is 3.06. The van der Waals surface area contributed by atoms with Crippen LogP contribution >= 0.6 is 0 Å². The van der Waals surface area contributed by atoms with Gasteiger partial charge in [0.25, 0.3) is 0 Å². The zero-order chi connectivity index (χ0) is 12.8. The summed E-state index contributed by atoms with van der Waals surface area (Å²) < 4.78 is 5.50. The van der Waals surface area contributed by atoms with Crippen molar-refractivity contribution in [3.8, 4) is 0 Å². The second kappa shape index (κ2) is 3.98. The first kappa shape index (κ1) is 11.5. The Balaban J connectivity index is 2.12. The number of fused-ring (bicyclic) bond motifs is 1. The van der Waals surface area contributed by atoms with Gasteiger partial charge in [-0.1, -0.05) is 37.1 Å². The van der Waals surface area contributed by atoms with Crippen molar-refractivity contribution in [1.82, 2.24) is 0 Å². The van der Waals surface area contributed by atoms with Crippen LogP contribution in [0.4, 0.5) is 0 Å². The van der Waals surface area contributed by atoms with Crippen LogP contribution in [0.5, 0.6) is 0 Å². The van der Waals surface area contributed by atoms with Crippen molar-refractivity contribution in [3.05, 3.63) is 47.2 Å². The van der Waals surface area contributed by atoms with Crippen LogP contribution in [0, 0.1) is 5.92 Å². The number of hydrogen-bond donors (Lipinski definition) is 0. The molecule has 0 bridgehead atoms. The van der Waals surface area contributed by atoms with Crippen molar-refractivity contribution < 1.29 is 9.53 Å². The molecule has 1 unspecified atom stereocenters. The van der Waals surface area contributed by atoms with E-state index in [1.165, 1.54) is 12.8 Å². The number of hydrogen-bond acceptors (Lipinski definition) is 2. The maximum atomic E-state index is 12.1. The molecule has 0 N–H and O–H groups in total. The standard InChI is InChI=1S/C16H18O2/c1-16(10-11-7-8-11)13-6-4-3-5-12(13)14(17)9-15(16)18-2/h3-6,9,11H,7-8,10H2,1-2H3. The molecule has 0 saturated heterocycles. The number of carbonyl (C=O) groups excluding carboxylic acids is 1. The summed E-state index contributed by atoms with van der Waals surface area (Å²) in [5.41, 5.74) is 1.82. The van der Waals surface area contributed by atoms with Gasteiger partial charge in [0.15, 0.2) is 5.78 Å². The van der Waals surface area contributed by atoms with E-state index in [0.717, 1.165) is 29.2 Å². The predicted molar refractivity (Wildman–Crippen MR) is 70.6 cm³/mol. The van der Waals surface area contributed by atoms with Crippen molar-refractivity contribution in [2.45, 2.75) is 31.6 Å². The molecule has 18 heavy (non-hydrogen) atoms. The first-order valence-corrected chi connectivity index (χ1v) is 6.55. The first-order chi connectivity index (χ1) is 8.65. The number of ether oxygens (including phenoxy) is 1. The summed E-state index contributed by atoms with van der Waals surface area (Å²) in [6.07, 6.45) is 5.37. The van der Waals surface area contributed by atoms with Gasteiger partial charge in [0.05, 0.1) is 12.5 Å². The lowest BCUT2D eigenvalue weighted by atomic mass is 9.70. The van der Waals surface area contributed by atoms with Gasteiger partial charge >= 0.3 is 0 Å². The molecule has 1 atom stereocenters. The van der Waals surface area contributed by atoms with E-state index in [1.54, 1.807) is 13.2 Å². The van der Waals surface area contributed by atoms with Gasteiger partial charge in [0.1, 0.15) is 5.76 Å². The minimum Gasteiger partial charge on any atom is -0.500 e. The summed E-state index contributed by atoms with van der Waals surface area (Å²) in [4.78, 5) is 12.1. The molecule has 1 fully saturated rings. The minimum atomic E-state index is -0.138. The molecule has 94 valence electrons. The Hall–Kier alpha value is -1.57. The molecule has 2 aliphatic carbocycles. The Labute approximate surface area is 108 Å². The maximum Gasteiger partial charge on any atom is 0.189 e. The average molecular weight is 242 g/mol. The minimum absolute atomic E-state index is 0.0655. The van der Waals surface area contributed by atoms with Crippen molar-refractivity contribution in [2.75, 3.05) is 7.11 Å². The summed E-state index contributed by atoms with van der Waals surface area (Å²) in [7, 11) is 1.66. The highest BCUT2D eigenvalue weighted by molar-refractivity contribution is 6.07. The van der Waals surface area contributed by atoms with Crippen molar-refractivity contribution >= 4 is 5.78 Å². The molecule has 0 aromatic heterocycles. The van der Waals surface area contributed by atoms with Crippen LogP contribution in [-0.4, -0.2) is 12.9 Å². The third kappa shape index (κ3) is 1.67. The number of benzene rings is 1. The van der Waals surface area contributed by atoms with E-state index in [9.17, 15) is 4.79 Å². The van der Waals surface area contributed by atoms with Crippen molar-refractivity contribution in [3.63, 3.8) is 0 Å². The zero-order valence-electron chi connectivity index (χ0n) is 10.9. The van der Waals surface area contributed by atoms with Gasteiger partial charge in [-0.2, -0.15) is 0 Å². The van der Waals surface area contributed by atoms with E-state index in [4.69, 9.17) is 4.74 Å². The van der Waals surface area contributed by atoms with E-state index in [-0.39, 0.29) is 11.2 Å². The Morgan fingerprint density at radius 1 is 1.33 bits per heavy atom. The van der Waals surface area contributed by atoms with E-state index in [0.29, 0.717) is 0 Å². The number of allylic oxidation sites excluding steroid dienone is 2. The van der Waals surface area contributed by atoms with Gasteiger partial charge in [0.2, 0.25) is 0 Å². The maximum absolute atomic E-state index is 12.1. The average Bonchev–Trinajstić information content (AvgIpc) is 3.18. The summed E-state index contributed by atoms with van der Waals surface area (Å²) in [6, 6.07) is 7.93. The highest BCUT2D eigenvalue weighted by Gasteiger charge is 2.42. The lowest BCUT2D eigenvalue weighted by Gasteiger charge is -2.36. The summed E-state index contributed by atoms with van der Waals surface area (Å²) in [5, 5.41) is 0. The second-order valence-corrected chi connectivity index (χ2v) is 5.60. The lowest BCUT2D eigenvalue weighted by Crippen LogP contribution is -2.32. The number of methoxy groups -OCH3 is 1. The molecule has 0 aliphatic heterocycles. The van der Waals surface area contributed by atoms with Crippen molar-refractivity contribution in [1.29, 1.82) is 0 Å². The predicted octanol–water partition coefficient (Wildman–Crippen LogP) is 3.47. The molecule has 1 aromatic carbocycles. The van der Waals surface area contributed by atoms with Crippen LogP contribution in [0.3, 0.4) is 0 Å². The fraction of sp³-hybridized carbons (Fsp3) is 0.438. The second-order valence-electron chi connectivity index (χ2n) is 5.60. The molecule has 0 heterocycles. The van der Waals surface area contributed by atoms with Crippen LogP contribution in [0.25, 0.3) is 0 Å². The lowest BCUT2D eigenvalue weighted by molar-refractivity contribution is 0.102. The molecule has 0 spiro atoms. The molecule has 2 heteroatoms. The van der Waals surface area contributed by atoms with Crippen LogP contribution in [0.1, 0.15) is 42.1 Å². The number of ketones is 1. The van der Waals surface area contributed by atoms with E-state index in [2.05, 4.69) is 13.0 Å². The molecule has 3 rings (SSSR count). The SMILES string of the molecule is COC1=CC(=O)c2ccccc2C1(C)CC1CC1. The summed E-state index contributed by atoms with van der Waals surface area (Å²) in [5.74, 6) is 1.67. The highest BCUT2D eigenvalue weighted by atomic mass is 16.5. The summed E-state index contributed by atoms with van der Waals surface area (Å²) in [6.45, 7) is 2.20. The van der Waals surface area contributed by atoms with Gasteiger partial charge in [-0.25, -0.2) is 0 Å². The molecule has 0 radical (unpaired) electrons. The smallest absolute Gasteiger partial charge is 0.189 e. The Bertz CT molecular complexity index is 526. The van der Waals surface area contributed by atoms with E-state index in [1.807, 2.05) is 18.2 Å². The molecule has 1 saturated carbocycles. The monoisotopic (exact) mass is 242 g/mol.